The zero-order chi connectivity index (χ0) is 44.4. The lowest BCUT2D eigenvalue weighted by Crippen LogP contribution is -2.30. The molecular weight excluding hydrogens is 757 g/mol. The largest absolute Gasteiger partial charge is 0.462 e. The zero-order valence-electron chi connectivity index (χ0n) is 39.1. The maximum atomic E-state index is 12.7. The number of rotatable bonds is 42. The first-order valence-corrected chi connectivity index (χ1v) is 24.4. The first kappa shape index (κ1) is 57.1. The Kier molecular flexibility index (Phi) is 45.6. The van der Waals surface area contributed by atoms with E-state index in [2.05, 4.69) is 118 Å². The third kappa shape index (κ3) is 47.0. The molecule has 0 N–H and O–H groups in total. The molecule has 0 saturated heterocycles. The lowest BCUT2D eigenvalue weighted by atomic mass is 10.1. The van der Waals surface area contributed by atoms with Gasteiger partial charge in [0.25, 0.3) is 0 Å². The van der Waals surface area contributed by atoms with Crippen LogP contribution in [0.3, 0.4) is 0 Å². The Morgan fingerprint density at radius 2 is 0.754 bits per heavy atom. The molecule has 0 amide bonds. The summed E-state index contributed by atoms with van der Waals surface area (Å²) in [5.74, 6) is -1.08. The number of unbranched alkanes of at least 4 members (excludes halogenated alkanes) is 15. The molecule has 0 spiro atoms. The van der Waals surface area contributed by atoms with Crippen molar-refractivity contribution in [1.29, 1.82) is 0 Å². The summed E-state index contributed by atoms with van der Waals surface area (Å²) >= 11 is 0. The van der Waals surface area contributed by atoms with Crippen molar-refractivity contribution >= 4 is 17.9 Å². The molecule has 0 aromatic heterocycles. The number of hydrogen-bond acceptors (Lipinski definition) is 6. The SMILES string of the molecule is CC\C=C/C=C\C=C/CCCCCCCC(=O)OC(COC(=O)CC/C=C\C/C=C\CCCCCCCC)COC(=O)CCC/C=C\C/C=C\C/C=C\C/C=C\CCCCC. The molecule has 6 heteroatoms. The standard InChI is InChI=1S/C55H88O6/c1-4-7-10-13-16-19-22-25-26-27-28-31-33-36-39-42-45-48-54(57)60-51-52(61-55(58)49-46-43-40-37-34-30-24-21-18-15-12-9-6-3)50-59-53(56)47-44-41-38-35-32-29-23-20-17-14-11-8-5-2/h9,12,15-16,18-19,21,24-26,28-29,31-32,36,38-39,41,52H,4-8,10-11,13-14,17,20,22-23,27,30,33-35,37,40,42-51H2,1-3H3/b12-9-,18-15-,19-16-,24-21-,26-25-,31-28-,32-29-,39-36-,41-38-. The Bertz CT molecular complexity index is 1290. The van der Waals surface area contributed by atoms with Gasteiger partial charge in [0.1, 0.15) is 13.2 Å². The molecule has 1 atom stereocenters. The van der Waals surface area contributed by atoms with Crippen molar-refractivity contribution in [3.05, 3.63) is 109 Å². The molecule has 61 heavy (non-hydrogen) atoms. The first-order chi connectivity index (χ1) is 30.0. The summed E-state index contributed by atoms with van der Waals surface area (Å²) in [5.41, 5.74) is 0. The van der Waals surface area contributed by atoms with Crippen LogP contribution in [0, 0.1) is 0 Å². The summed E-state index contributed by atoms with van der Waals surface area (Å²) < 4.78 is 16.6. The van der Waals surface area contributed by atoms with Gasteiger partial charge in [-0.05, 0) is 96.3 Å². The molecule has 0 rings (SSSR count). The predicted molar refractivity (Wildman–Crippen MR) is 260 cm³/mol. The van der Waals surface area contributed by atoms with E-state index < -0.39 is 6.10 Å². The van der Waals surface area contributed by atoms with Crippen LogP contribution in [0.4, 0.5) is 0 Å². The number of esters is 3. The third-order valence-corrected chi connectivity index (χ3v) is 9.81. The molecule has 0 aliphatic carbocycles. The first-order valence-electron chi connectivity index (χ1n) is 24.4. The molecular formula is C55H88O6. The van der Waals surface area contributed by atoms with E-state index in [9.17, 15) is 14.4 Å². The van der Waals surface area contributed by atoms with Crippen LogP contribution >= 0.6 is 0 Å². The van der Waals surface area contributed by atoms with E-state index >= 15 is 0 Å². The Morgan fingerprint density at radius 1 is 0.361 bits per heavy atom. The van der Waals surface area contributed by atoms with Gasteiger partial charge in [0, 0.05) is 19.3 Å². The van der Waals surface area contributed by atoms with Crippen LogP contribution in [0.25, 0.3) is 0 Å². The fourth-order valence-corrected chi connectivity index (χ4v) is 6.13. The van der Waals surface area contributed by atoms with Crippen molar-refractivity contribution in [2.24, 2.45) is 0 Å². The van der Waals surface area contributed by atoms with Crippen molar-refractivity contribution < 1.29 is 28.6 Å². The van der Waals surface area contributed by atoms with Crippen molar-refractivity contribution in [2.75, 3.05) is 13.2 Å². The molecule has 0 radical (unpaired) electrons. The molecule has 1 unspecified atom stereocenters. The second-order valence-electron chi connectivity index (χ2n) is 15.7. The average molecular weight is 845 g/mol. The maximum Gasteiger partial charge on any atom is 0.306 e. The lowest BCUT2D eigenvalue weighted by Gasteiger charge is -2.18. The van der Waals surface area contributed by atoms with Crippen LogP contribution in [-0.2, 0) is 28.6 Å². The minimum Gasteiger partial charge on any atom is -0.462 e. The van der Waals surface area contributed by atoms with Gasteiger partial charge in [0.15, 0.2) is 6.10 Å². The van der Waals surface area contributed by atoms with E-state index in [0.29, 0.717) is 12.8 Å². The van der Waals surface area contributed by atoms with Crippen molar-refractivity contribution in [3.63, 3.8) is 0 Å². The topological polar surface area (TPSA) is 78.9 Å². The molecule has 0 aliphatic heterocycles. The summed E-state index contributed by atoms with van der Waals surface area (Å²) in [5, 5.41) is 0. The smallest absolute Gasteiger partial charge is 0.306 e. The second kappa shape index (κ2) is 48.7. The van der Waals surface area contributed by atoms with Crippen LogP contribution < -0.4 is 0 Å². The summed E-state index contributed by atoms with van der Waals surface area (Å²) in [7, 11) is 0. The average Bonchev–Trinajstić information content (AvgIpc) is 3.26. The van der Waals surface area contributed by atoms with Crippen LogP contribution in [0.2, 0.25) is 0 Å². The lowest BCUT2D eigenvalue weighted by molar-refractivity contribution is -0.166. The van der Waals surface area contributed by atoms with Gasteiger partial charge in [-0.2, -0.15) is 0 Å². The molecule has 0 aromatic rings. The van der Waals surface area contributed by atoms with Gasteiger partial charge in [-0.3, -0.25) is 14.4 Å². The van der Waals surface area contributed by atoms with E-state index in [1.165, 1.54) is 64.2 Å². The Labute approximate surface area is 374 Å². The maximum absolute atomic E-state index is 12.7. The van der Waals surface area contributed by atoms with Crippen LogP contribution in [0.15, 0.2) is 109 Å². The number of ether oxygens (including phenoxy) is 3. The van der Waals surface area contributed by atoms with Crippen LogP contribution in [-0.4, -0.2) is 37.2 Å². The fourth-order valence-electron chi connectivity index (χ4n) is 6.13. The van der Waals surface area contributed by atoms with E-state index in [-0.39, 0.29) is 50.4 Å². The van der Waals surface area contributed by atoms with E-state index in [1.807, 2.05) is 12.2 Å². The summed E-state index contributed by atoms with van der Waals surface area (Å²) in [6.07, 6.45) is 65.2. The molecule has 0 fully saturated rings. The van der Waals surface area contributed by atoms with Crippen molar-refractivity contribution in [2.45, 2.75) is 207 Å². The molecule has 0 aliphatic rings. The van der Waals surface area contributed by atoms with Gasteiger partial charge in [-0.1, -0.05) is 194 Å². The number of allylic oxidation sites excluding steroid dienone is 18. The molecule has 344 valence electrons. The van der Waals surface area contributed by atoms with E-state index in [1.54, 1.807) is 0 Å². The minimum absolute atomic E-state index is 0.134. The van der Waals surface area contributed by atoms with E-state index in [4.69, 9.17) is 14.2 Å². The second-order valence-corrected chi connectivity index (χ2v) is 15.7. The van der Waals surface area contributed by atoms with E-state index in [0.717, 1.165) is 83.5 Å². The van der Waals surface area contributed by atoms with Crippen LogP contribution in [0.5, 0.6) is 0 Å². The normalized spacial score (nSPS) is 13.0. The van der Waals surface area contributed by atoms with Gasteiger partial charge in [-0.15, -0.1) is 0 Å². The number of carbonyl (C=O) groups is 3. The highest BCUT2D eigenvalue weighted by Crippen LogP contribution is 2.11. The van der Waals surface area contributed by atoms with Gasteiger partial charge >= 0.3 is 17.9 Å². The molecule has 0 saturated carbocycles. The molecule has 0 aromatic carbocycles. The Morgan fingerprint density at radius 3 is 1.31 bits per heavy atom. The van der Waals surface area contributed by atoms with Crippen molar-refractivity contribution in [3.8, 4) is 0 Å². The fraction of sp³-hybridized carbons (Fsp3) is 0.618. The number of carbonyl (C=O) groups excluding carboxylic acids is 3. The highest BCUT2D eigenvalue weighted by molar-refractivity contribution is 5.71. The number of hydrogen-bond donors (Lipinski definition) is 0. The Hall–Kier alpha value is -3.93. The van der Waals surface area contributed by atoms with Crippen LogP contribution in [0.1, 0.15) is 201 Å². The van der Waals surface area contributed by atoms with Gasteiger partial charge < -0.3 is 14.2 Å². The predicted octanol–water partition coefficient (Wildman–Crippen LogP) is 16.0. The highest BCUT2D eigenvalue weighted by atomic mass is 16.6. The zero-order valence-corrected chi connectivity index (χ0v) is 39.1. The van der Waals surface area contributed by atoms with Gasteiger partial charge in [0.2, 0.25) is 0 Å². The molecule has 6 nitrogen and oxygen atoms in total. The summed E-state index contributed by atoms with van der Waals surface area (Å²) in [4.78, 5) is 37.8. The quantitative estimate of drug-likeness (QED) is 0.0200. The Balaban J connectivity index is 4.58. The van der Waals surface area contributed by atoms with Gasteiger partial charge in [0.05, 0.1) is 0 Å². The molecule has 0 bridgehead atoms. The highest BCUT2D eigenvalue weighted by Gasteiger charge is 2.19. The van der Waals surface area contributed by atoms with Gasteiger partial charge in [-0.25, -0.2) is 0 Å². The van der Waals surface area contributed by atoms with Crippen molar-refractivity contribution in [1.82, 2.24) is 0 Å². The minimum atomic E-state index is -0.834. The monoisotopic (exact) mass is 845 g/mol. The third-order valence-electron chi connectivity index (χ3n) is 9.81. The summed E-state index contributed by atoms with van der Waals surface area (Å²) in [6.45, 7) is 6.32. The molecule has 0 heterocycles. The summed E-state index contributed by atoms with van der Waals surface area (Å²) in [6, 6.07) is 0.